The molecular formula is C36H66. The van der Waals surface area contributed by atoms with Gasteiger partial charge in [-0.1, -0.05) is 136 Å². The second-order valence-corrected chi connectivity index (χ2v) is 14.8. The number of unbranched alkanes of at least 4 members (excludes halogenated alkanes) is 4. The minimum atomic E-state index is 0.759. The summed E-state index contributed by atoms with van der Waals surface area (Å²) in [4.78, 5) is 0. The van der Waals surface area contributed by atoms with E-state index in [1.54, 1.807) is 122 Å². The van der Waals surface area contributed by atoms with Crippen LogP contribution >= 0.6 is 0 Å². The van der Waals surface area contributed by atoms with E-state index in [1.807, 2.05) is 0 Å². The summed E-state index contributed by atoms with van der Waals surface area (Å²) in [6.07, 6.45) is 41.8. The molecule has 210 valence electrons. The first-order valence-corrected chi connectivity index (χ1v) is 17.7. The van der Waals surface area contributed by atoms with Crippen LogP contribution in [0, 0.1) is 40.9 Å². The van der Waals surface area contributed by atoms with Crippen LogP contribution in [-0.2, 0) is 0 Å². The van der Waals surface area contributed by atoms with E-state index in [4.69, 9.17) is 0 Å². The van der Waals surface area contributed by atoms with Gasteiger partial charge in [0.15, 0.2) is 0 Å². The molecule has 0 heterocycles. The summed E-state index contributed by atoms with van der Waals surface area (Å²) in [5.41, 5.74) is 0.759. The Morgan fingerprint density at radius 2 is 1.03 bits per heavy atom. The molecular weight excluding hydrogens is 432 g/mol. The molecule has 0 spiro atoms. The van der Waals surface area contributed by atoms with E-state index < -0.39 is 0 Å². The molecule has 0 aromatic heterocycles. The van der Waals surface area contributed by atoms with Gasteiger partial charge in [-0.3, -0.25) is 0 Å². The molecule has 0 bridgehead atoms. The summed E-state index contributed by atoms with van der Waals surface area (Å²) in [5.74, 6) is 6.49. The molecule has 0 atom stereocenters. The van der Waals surface area contributed by atoms with Gasteiger partial charge in [-0.25, -0.2) is 0 Å². The molecule has 0 aromatic rings. The zero-order valence-corrected chi connectivity index (χ0v) is 25.1. The van der Waals surface area contributed by atoms with Gasteiger partial charge in [-0.05, 0) is 92.3 Å². The van der Waals surface area contributed by atoms with Crippen molar-refractivity contribution in [2.75, 3.05) is 0 Å². The average molecular weight is 499 g/mol. The van der Waals surface area contributed by atoms with E-state index in [9.17, 15) is 0 Å². The van der Waals surface area contributed by atoms with Gasteiger partial charge in [0.05, 0.1) is 0 Å². The highest BCUT2D eigenvalue weighted by atomic mass is 14.5. The van der Waals surface area contributed by atoms with Crippen LogP contribution < -0.4 is 0 Å². The SMILES string of the molecule is CCCCCCC[C@H]1CC[C@H](C[C@H]2CC[C@](C[C@H]3CC[C@H](CCC)CC3)(C3CCCCC3)CC2)CC1. The Hall–Kier alpha value is 0. The fourth-order valence-corrected chi connectivity index (χ4v) is 9.95. The largest absolute Gasteiger partial charge is 0.0654 e. The number of hydrogen-bond acceptors (Lipinski definition) is 0. The quantitative estimate of drug-likeness (QED) is 0.221. The second kappa shape index (κ2) is 15.6. The van der Waals surface area contributed by atoms with Crippen LogP contribution in [0.3, 0.4) is 0 Å². The van der Waals surface area contributed by atoms with E-state index in [1.165, 1.54) is 51.4 Å². The van der Waals surface area contributed by atoms with Crippen LogP contribution in [0.5, 0.6) is 0 Å². The van der Waals surface area contributed by atoms with Crippen LogP contribution in [0.4, 0.5) is 0 Å². The summed E-state index contributed by atoms with van der Waals surface area (Å²) >= 11 is 0. The Morgan fingerprint density at radius 1 is 0.472 bits per heavy atom. The minimum absolute atomic E-state index is 0.759. The topological polar surface area (TPSA) is 0 Å². The molecule has 0 saturated heterocycles. The molecule has 0 unspecified atom stereocenters. The summed E-state index contributed by atoms with van der Waals surface area (Å²) < 4.78 is 0. The predicted molar refractivity (Wildman–Crippen MR) is 159 cm³/mol. The van der Waals surface area contributed by atoms with Crippen molar-refractivity contribution in [3.8, 4) is 0 Å². The summed E-state index contributed by atoms with van der Waals surface area (Å²) in [6.45, 7) is 4.73. The van der Waals surface area contributed by atoms with Crippen molar-refractivity contribution in [2.45, 2.75) is 187 Å². The molecule has 4 saturated carbocycles. The van der Waals surface area contributed by atoms with Gasteiger partial charge in [0, 0.05) is 0 Å². The zero-order valence-electron chi connectivity index (χ0n) is 25.1. The van der Waals surface area contributed by atoms with E-state index in [0.717, 1.165) is 40.9 Å². The first kappa shape index (κ1) is 29.0. The summed E-state index contributed by atoms with van der Waals surface area (Å²) in [6, 6.07) is 0. The Bertz CT molecular complexity index is 547. The van der Waals surface area contributed by atoms with Crippen LogP contribution in [0.2, 0.25) is 0 Å². The molecule has 0 nitrogen and oxygen atoms in total. The molecule has 0 heteroatoms. The third kappa shape index (κ3) is 8.76. The maximum absolute atomic E-state index is 2.39. The monoisotopic (exact) mass is 499 g/mol. The van der Waals surface area contributed by atoms with Crippen molar-refractivity contribution < 1.29 is 0 Å². The lowest BCUT2D eigenvalue weighted by Gasteiger charge is -2.50. The van der Waals surface area contributed by atoms with Crippen molar-refractivity contribution in [1.29, 1.82) is 0 Å². The fourth-order valence-electron chi connectivity index (χ4n) is 9.95. The van der Waals surface area contributed by atoms with Gasteiger partial charge < -0.3 is 0 Å². The third-order valence-corrected chi connectivity index (χ3v) is 12.3. The molecule has 0 aromatic carbocycles. The summed E-state index contributed by atoms with van der Waals surface area (Å²) in [7, 11) is 0. The molecule has 36 heavy (non-hydrogen) atoms. The van der Waals surface area contributed by atoms with Crippen LogP contribution in [0.15, 0.2) is 0 Å². The highest BCUT2D eigenvalue weighted by Gasteiger charge is 2.44. The van der Waals surface area contributed by atoms with E-state index in [-0.39, 0.29) is 0 Å². The Kier molecular flexibility index (Phi) is 12.5. The van der Waals surface area contributed by atoms with Crippen molar-refractivity contribution in [3.63, 3.8) is 0 Å². The lowest BCUT2D eigenvalue weighted by Crippen LogP contribution is -2.39. The predicted octanol–water partition coefficient (Wildman–Crippen LogP) is 12.3. The molecule has 0 aliphatic heterocycles. The van der Waals surface area contributed by atoms with Crippen molar-refractivity contribution in [3.05, 3.63) is 0 Å². The van der Waals surface area contributed by atoms with Gasteiger partial charge >= 0.3 is 0 Å². The molecule has 0 radical (unpaired) electrons. The third-order valence-electron chi connectivity index (χ3n) is 12.3. The minimum Gasteiger partial charge on any atom is -0.0654 e. The van der Waals surface area contributed by atoms with Gasteiger partial charge in [0.2, 0.25) is 0 Å². The maximum Gasteiger partial charge on any atom is -0.0266 e. The average Bonchev–Trinajstić information content (AvgIpc) is 2.92. The maximum atomic E-state index is 2.39. The van der Waals surface area contributed by atoms with Crippen LogP contribution in [-0.4, -0.2) is 0 Å². The molecule has 4 aliphatic carbocycles. The van der Waals surface area contributed by atoms with Crippen LogP contribution in [0.1, 0.15) is 187 Å². The zero-order chi connectivity index (χ0) is 25.1. The Labute approximate surface area is 227 Å². The molecule has 4 aliphatic rings. The lowest BCUT2D eigenvalue weighted by atomic mass is 9.55. The van der Waals surface area contributed by atoms with Crippen molar-refractivity contribution in [1.82, 2.24) is 0 Å². The first-order chi connectivity index (χ1) is 17.7. The normalized spacial score (nSPS) is 36.7. The highest BCUT2D eigenvalue weighted by Crippen LogP contribution is 2.55. The van der Waals surface area contributed by atoms with E-state index in [0.29, 0.717) is 0 Å². The van der Waals surface area contributed by atoms with Crippen molar-refractivity contribution >= 4 is 0 Å². The second-order valence-electron chi connectivity index (χ2n) is 14.8. The molecule has 4 rings (SSSR count). The van der Waals surface area contributed by atoms with Crippen LogP contribution in [0.25, 0.3) is 0 Å². The van der Waals surface area contributed by atoms with Crippen molar-refractivity contribution in [2.24, 2.45) is 40.9 Å². The molecule has 0 N–H and O–H groups in total. The molecule has 4 fully saturated rings. The lowest BCUT2D eigenvalue weighted by molar-refractivity contribution is 0.0103. The fraction of sp³-hybridized carbons (Fsp3) is 1.00. The smallest absolute Gasteiger partial charge is 0.0266 e. The Balaban J connectivity index is 1.20. The highest BCUT2D eigenvalue weighted by molar-refractivity contribution is 4.95. The van der Waals surface area contributed by atoms with Gasteiger partial charge in [0.25, 0.3) is 0 Å². The number of rotatable bonds is 13. The summed E-state index contributed by atoms with van der Waals surface area (Å²) in [5, 5.41) is 0. The van der Waals surface area contributed by atoms with E-state index in [2.05, 4.69) is 13.8 Å². The standard InChI is InChI=1S/C36H66/c1-3-5-6-7-9-13-31-16-20-32(21-17-31)28-33-24-26-36(27-25-33,35-14-10-8-11-15-35)29-34-22-18-30(12-4-2)19-23-34/h30-35H,3-29H2,1-2H3/t30-,31-,32-,33-,34-,36-. The van der Waals surface area contributed by atoms with E-state index >= 15 is 0 Å². The van der Waals surface area contributed by atoms with Gasteiger partial charge in [-0.15, -0.1) is 0 Å². The van der Waals surface area contributed by atoms with Gasteiger partial charge in [-0.2, -0.15) is 0 Å². The molecule has 0 amide bonds. The Morgan fingerprint density at radius 3 is 1.67 bits per heavy atom. The first-order valence-electron chi connectivity index (χ1n) is 17.7. The number of hydrogen-bond donors (Lipinski definition) is 0. The van der Waals surface area contributed by atoms with Gasteiger partial charge in [0.1, 0.15) is 0 Å².